The lowest BCUT2D eigenvalue weighted by molar-refractivity contribution is -0.116. The van der Waals surface area contributed by atoms with Crippen molar-refractivity contribution in [3.05, 3.63) is 71.8 Å². The first-order valence-electron chi connectivity index (χ1n) is 9.88. The fourth-order valence-corrected chi connectivity index (χ4v) is 5.35. The Kier molecular flexibility index (Phi) is 4.64. The van der Waals surface area contributed by atoms with Gasteiger partial charge in [-0.15, -0.1) is 0 Å². The molecule has 0 spiro atoms. The van der Waals surface area contributed by atoms with E-state index in [4.69, 9.17) is 0 Å². The molecule has 2 fully saturated rings. The predicted molar refractivity (Wildman–Crippen MR) is 106 cm³/mol. The zero-order chi connectivity index (χ0) is 18.2. The summed E-state index contributed by atoms with van der Waals surface area (Å²) < 4.78 is 0. The van der Waals surface area contributed by atoms with Crippen LogP contribution in [0.5, 0.6) is 0 Å². The highest BCUT2D eigenvalue weighted by Gasteiger charge is 2.60. The molecule has 0 amide bonds. The maximum Gasteiger partial charge on any atom is 0.0782 e. The number of hydrogen-bond acceptors (Lipinski definition) is 3. The number of hydrogen-bond donors (Lipinski definition) is 1. The minimum atomic E-state index is -0.384. The number of piperidine rings is 2. The number of fused-ring (bicyclic) bond motifs is 2. The fraction of sp³-hybridized carbons (Fsp3) is 0.478. The Bertz CT molecular complexity index is 655. The molecule has 0 saturated carbocycles. The summed E-state index contributed by atoms with van der Waals surface area (Å²) in [6.07, 6.45) is -0.384. The van der Waals surface area contributed by atoms with Gasteiger partial charge in [0.1, 0.15) is 0 Å². The van der Waals surface area contributed by atoms with Crippen LogP contribution in [0.3, 0.4) is 0 Å². The highest BCUT2D eigenvalue weighted by atomic mass is 16.3. The summed E-state index contributed by atoms with van der Waals surface area (Å²) in [5, 5.41) is 11.9. The van der Waals surface area contributed by atoms with E-state index in [0.717, 1.165) is 39.3 Å². The maximum atomic E-state index is 11.9. The van der Waals surface area contributed by atoms with E-state index in [2.05, 4.69) is 84.3 Å². The molecule has 138 valence electrons. The Morgan fingerprint density at radius 1 is 0.731 bits per heavy atom. The van der Waals surface area contributed by atoms with E-state index in [-0.39, 0.29) is 16.9 Å². The third kappa shape index (κ3) is 2.61. The summed E-state index contributed by atoms with van der Waals surface area (Å²) in [5.41, 5.74) is 2.03. The van der Waals surface area contributed by atoms with Crippen molar-refractivity contribution < 1.29 is 5.11 Å². The van der Waals surface area contributed by atoms with Gasteiger partial charge < -0.3 is 14.9 Å². The summed E-state index contributed by atoms with van der Waals surface area (Å²) in [6.45, 7) is 10.2. The van der Waals surface area contributed by atoms with Crippen LogP contribution < -0.4 is 0 Å². The average molecular weight is 351 g/mol. The SMILES string of the molecule is CCN1CC2(c3ccccc3)CN(CC)CC(c3ccccc3)(C1)C2O. The van der Waals surface area contributed by atoms with Crippen molar-refractivity contribution in [3.8, 4) is 0 Å². The number of likely N-dealkylation sites (tertiary alicyclic amines) is 2. The zero-order valence-electron chi connectivity index (χ0n) is 15.9. The van der Waals surface area contributed by atoms with Crippen LogP contribution in [-0.4, -0.2) is 60.3 Å². The molecule has 0 atom stereocenters. The summed E-state index contributed by atoms with van der Waals surface area (Å²) in [6, 6.07) is 21.4. The molecule has 3 heteroatoms. The molecular weight excluding hydrogens is 320 g/mol. The first-order chi connectivity index (χ1) is 12.6. The molecule has 2 aliphatic heterocycles. The Hall–Kier alpha value is -1.68. The van der Waals surface area contributed by atoms with Gasteiger partial charge in [0.05, 0.1) is 6.10 Å². The molecule has 4 rings (SSSR count). The van der Waals surface area contributed by atoms with Crippen molar-refractivity contribution in [2.75, 3.05) is 39.3 Å². The molecule has 2 heterocycles. The average Bonchev–Trinajstić information content (AvgIpc) is 2.69. The molecule has 0 radical (unpaired) electrons. The van der Waals surface area contributed by atoms with Crippen LogP contribution in [0.25, 0.3) is 0 Å². The smallest absolute Gasteiger partial charge is 0.0782 e. The van der Waals surface area contributed by atoms with Crippen molar-refractivity contribution in [1.29, 1.82) is 0 Å². The number of aliphatic hydroxyl groups is 1. The second-order valence-electron chi connectivity index (χ2n) is 8.05. The minimum Gasteiger partial charge on any atom is -0.391 e. The number of likely N-dealkylation sites (N-methyl/N-ethyl adjacent to an activating group) is 2. The molecule has 0 aliphatic carbocycles. The molecular formula is C23H30N2O. The van der Waals surface area contributed by atoms with Crippen molar-refractivity contribution in [1.82, 2.24) is 9.80 Å². The van der Waals surface area contributed by atoms with Gasteiger partial charge in [-0.2, -0.15) is 0 Å². The van der Waals surface area contributed by atoms with Crippen LogP contribution in [0.4, 0.5) is 0 Å². The van der Waals surface area contributed by atoms with E-state index in [0.29, 0.717) is 0 Å². The van der Waals surface area contributed by atoms with Crippen LogP contribution in [0, 0.1) is 0 Å². The molecule has 2 aromatic carbocycles. The van der Waals surface area contributed by atoms with Gasteiger partial charge >= 0.3 is 0 Å². The van der Waals surface area contributed by atoms with Gasteiger partial charge in [0.15, 0.2) is 0 Å². The number of benzene rings is 2. The van der Waals surface area contributed by atoms with Gasteiger partial charge in [-0.1, -0.05) is 74.5 Å². The fourth-order valence-electron chi connectivity index (χ4n) is 5.35. The standard InChI is InChI=1S/C23H30N2O/c1-3-24-15-22(19-11-7-5-8-12-19)17-25(4-2)18-23(16-24,21(22)26)20-13-9-6-10-14-20/h5-14,21,26H,3-4,15-18H2,1-2H3. The second-order valence-corrected chi connectivity index (χ2v) is 8.05. The van der Waals surface area contributed by atoms with E-state index >= 15 is 0 Å². The third-order valence-corrected chi connectivity index (χ3v) is 6.66. The van der Waals surface area contributed by atoms with E-state index in [1.165, 1.54) is 11.1 Å². The molecule has 1 N–H and O–H groups in total. The monoisotopic (exact) mass is 350 g/mol. The zero-order valence-corrected chi connectivity index (χ0v) is 15.9. The Balaban J connectivity index is 1.90. The third-order valence-electron chi connectivity index (χ3n) is 6.66. The van der Waals surface area contributed by atoms with Crippen molar-refractivity contribution >= 4 is 0 Å². The second kappa shape index (κ2) is 6.80. The molecule has 2 aliphatic rings. The van der Waals surface area contributed by atoms with Crippen molar-refractivity contribution in [2.24, 2.45) is 0 Å². The quantitative estimate of drug-likeness (QED) is 0.918. The number of rotatable bonds is 4. The molecule has 2 aromatic rings. The number of aliphatic hydroxyl groups excluding tert-OH is 1. The normalized spacial score (nSPS) is 32.5. The lowest BCUT2D eigenvalue weighted by Gasteiger charge is -2.62. The first-order valence-corrected chi connectivity index (χ1v) is 9.88. The Morgan fingerprint density at radius 2 is 1.08 bits per heavy atom. The van der Waals surface area contributed by atoms with E-state index in [1.807, 2.05) is 0 Å². The molecule has 2 saturated heterocycles. The lowest BCUT2D eigenvalue weighted by atomic mass is 9.56. The van der Waals surface area contributed by atoms with Gasteiger partial charge in [-0.05, 0) is 24.2 Å². The summed E-state index contributed by atoms with van der Waals surface area (Å²) in [4.78, 5) is 5.08. The molecule has 3 nitrogen and oxygen atoms in total. The Labute approximate surface area is 157 Å². The summed E-state index contributed by atoms with van der Waals surface area (Å²) in [5.74, 6) is 0. The molecule has 26 heavy (non-hydrogen) atoms. The summed E-state index contributed by atoms with van der Waals surface area (Å²) in [7, 11) is 0. The van der Waals surface area contributed by atoms with E-state index in [1.54, 1.807) is 0 Å². The van der Waals surface area contributed by atoms with Crippen molar-refractivity contribution in [2.45, 2.75) is 30.8 Å². The molecule has 2 bridgehead atoms. The van der Waals surface area contributed by atoms with E-state index in [9.17, 15) is 5.11 Å². The van der Waals surface area contributed by atoms with Crippen LogP contribution in [0.2, 0.25) is 0 Å². The number of nitrogens with zero attached hydrogens (tertiary/aromatic N) is 2. The van der Waals surface area contributed by atoms with Gasteiger partial charge in [0.25, 0.3) is 0 Å². The van der Waals surface area contributed by atoms with Gasteiger partial charge in [0, 0.05) is 37.0 Å². The lowest BCUT2D eigenvalue weighted by Crippen LogP contribution is -2.75. The van der Waals surface area contributed by atoms with Gasteiger partial charge in [-0.25, -0.2) is 0 Å². The highest BCUT2D eigenvalue weighted by Crippen LogP contribution is 2.49. The van der Waals surface area contributed by atoms with E-state index < -0.39 is 0 Å². The van der Waals surface area contributed by atoms with Crippen LogP contribution in [0.15, 0.2) is 60.7 Å². The predicted octanol–water partition coefficient (Wildman–Crippen LogP) is 2.89. The highest BCUT2D eigenvalue weighted by molar-refractivity contribution is 5.40. The maximum absolute atomic E-state index is 11.9. The first kappa shape index (κ1) is 17.7. The molecule has 0 aromatic heterocycles. The van der Waals surface area contributed by atoms with Crippen LogP contribution in [0.1, 0.15) is 25.0 Å². The van der Waals surface area contributed by atoms with Crippen LogP contribution >= 0.6 is 0 Å². The largest absolute Gasteiger partial charge is 0.391 e. The van der Waals surface area contributed by atoms with Crippen LogP contribution in [-0.2, 0) is 10.8 Å². The minimum absolute atomic E-state index is 0.250. The van der Waals surface area contributed by atoms with Gasteiger partial charge in [0.2, 0.25) is 0 Å². The topological polar surface area (TPSA) is 26.7 Å². The van der Waals surface area contributed by atoms with Gasteiger partial charge in [-0.3, -0.25) is 0 Å². The molecule has 0 unspecified atom stereocenters. The Morgan fingerprint density at radius 3 is 1.38 bits per heavy atom. The summed E-state index contributed by atoms with van der Waals surface area (Å²) >= 11 is 0. The van der Waals surface area contributed by atoms with Crippen molar-refractivity contribution in [3.63, 3.8) is 0 Å².